The van der Waals surface area contributed by atoms with Gasteiger partial charge in [0.1, 0.15) is 12.4 Å². The van der Waals surface area contributed by atoms with Crippen LogP contribution in [0.25, 0.3) is 11.3 Å². The number of ether oxygens (including phenoxy) is 1. The average Bonchev–Trinajstić information content (AvgIpc) is 3.34. The van der Waals surface area contributed by atoms with Crippen LogP contribution in [0.4, 0.5) is 17.2 Å². The Kier molecular flexibility index (Phi) is 9.89. The number of aromatic hydroxyl groups is 1. The van der Waals surface area contributed by atoms with Crippen LogP contribution in [0.15, 0.2) is 48.7 Å². The second-order valence-electron chi connectivity index (χ2n) is 13.6. The Balaban J connectivity index is 0.865. The number of carboxylic acids is 1. The van der Waals surface area contributed by atoms with Crippen molar-refractivity contribution in [3.8, 4) is 17.0 Å². The van der Waals surface area contributed by atoms with Crippen molar-refractivity contribution in [1.82, 2.24) is 29.9 Å². The van der Waals surface area contributed by atoms with E-state index < -0.39 is 5.97 Å². The van der Waals surface area contributed by atoms with Crippen LogP contribution in [-0.2, 0) is 16.0 Å². The second-order valence-corrected chi connectivity index (χ2v) is 13.6. The first-order valence-electron chi connectivity index (χ1n) is 17.3. The molecule has 7 rings (SSSR count). The minimum absolute atomic E-state index is 0.0652. The third-order valence-electron chi connectivity index (χ3n) is 10.4. The Hall–Kier alpha value is -4.04. The normalized spacial score (nSPS) is 22.2. The van der Waals surface area contributed by atoms with Crippen molar-refractivity contribution in [2.24, 2.45) is 0 Å². The summed E-state index contributed by atoms with van der Waals surface area (Å²) in [7, 11) is 0. The van der Waals surface area contributed by atoms with E-state index in [2.05, 4.69) is 46.8 Å². The zero-order chi connectivity index (χ0) is 33.0. The summed E-state index contributed by atoms with van der Waals surface area (Å²) in [4.78, 5) is 27.8. The van der Waals surface area contributed by atoms with Crippen molar-refractivity contribution in [1.29, 1.82) is 0 Å². The van der Waals surface area contributed by atoms with Gasteiger partial charge in [-0.25, -0.2) is 4.79 Å². The van der Waals surface area contributed by atoms with Gasteiger partial charge in [0.25, 0.3) is 0 Å². The lowest BCUT2D eigenvalue weighted by Crippen LogP contribution is -2.55. The van der Waals surface area contributed by atoms with Crippen molar-refractivity contribution in [2.75, 3.05) is 94.1 Å². The predicted molar refractivity (Wildman–Crippen MR) is 184 cm³/mol. The van der Waals surface area contributed by atoms with E-state index in [1.54, 1.807) is 12.1 Å². The Morgan fingerprint density at radius 1 is 0.896 bits per heavy atom. The van der Waals surface area contributed by atoms with E-state index in [0.717, 1.165) is 109 Å². The van der Waals surface area contributed by atoms with Crippen LogP contribution in [0.5, 0.6) is 5.75 Å². The van der Waals surface area contributed by atoms with Gasteiger partial charge in [-0.3, -0.25) is 14.8 Å². The fraction of sp³-hybridized carbons (Fsp3) is 0.543. The molecule has 2 atom stereocenters. The summed E-state index contributed by atoms with van der Waals surface area (Å²) in [6.07, 6.45) is 6.37. The molecule has 2 unspecified atom stereocenters. The van der Waals surface area contributed by atoms with Gasteiger partial charge in [-0.1, -0.05) is 12.1 Å². The maximum absolute atomic E-state index is 10.7. The Morgan fingerprint density at radius 2 is 1.60 bits per heavy atom. The lowest BCUT2D eigenvalue weighted by atomic mass is 10.1. The standard InChI is InChI=1S/C35H47N9O4/c36-35-32(19-31(38-39-35)30-5-1-2-6-33(30)45)43-20-27-7-8-28(21-43)44(27)26-9-10-37-25(18-26)4-3-11-40-12-14-41(15-13-40)16-17-42-22-29(23-42)48-24-34(46)47/h1-2,5-6,9-10,18-19,27-29,45H,3-4,7-8,11-17,20-24H2,(H2,36,39)(H,46,47). The molecule has 2 aromatic heterocycles. The minimum atomic E-state index is -0.901. The van der Waals surface area contributed by atoms with Gasteiger partial charge in [0.15, 0.2) is 5.82 Å². The third-order valence-corrected chi connectivity index (χ3v) is 10.4. The molecule has 6 heterocycles. The van der Waals surface area contributed by atoms with Crippen LogP contribution in [0.3, 0.4) is 0 Å². The number of nitrogens with two attached hydrogens (primary N) is 1. The molecule has 4 aliphatic rings. The number of nitrogens with zero attached hydrogens (tertiary/aromatic N) is 8. The van der Waals surface area contributed by atoms with Crippen molar-refractivity contribution in [3.63, 3.8) is 0 Å². The van der Waals surface area contributed by atoms with Crippen LogP contribution >= 0.6 is 0 Å². The van der Waals surface area contributed by atoms with E-state index in [4.69, 9.17) is 20.6 Å². The molecule has 4 fully saturated rings. The molecule has 13 heteroatoms. The molecule has 4 saturated heterocycles. The number of likely N-dealkylation sites (tertiary alicyclic amines) is 1. The number of fused-ring (bicyclic) bond motifs is 2. The van der Waals surface area contributed by atoms with Gasteiger partial charge >= 0.3 is 5.97 Å². The van der Waals surface area contributed by atoms with Crippen LogP contribution in [0.1, 0.15) is 25.0 Å². The van der Waals surface area contributed by atoms with Crippen LogP contribution in [0, 0.1) is 0 Å². The fourth-order valence-corrected chi connectivity index (χ4v) is 7.75. The maximum atomic E-state index is 10.7. The molecular formula is C35H47N9O4. The van der Waals surface area contributed by atoms with E-state index in [9.17, 15) is 9.90 Å². The molecule has 0 amide bonds. The number of nitrogen functional groups attached to an aromatic ring is 1. The van der Waals surface area contributed by atoms with Crippen molar-refractivity contribution >= 4 is 23.2 Å². The number of piperazine rings is 2. The number of anilines is 3. The van der Waals surface area contributed by atoms with E-state index in [1.165, 1.54) is 5.69 Å². The number of phenols is 1. The summed E-state index contributed by atoms with van der Waals surface area (Å²) in [5, 5.41) is 27.6. The average molecular weight is 658 g/mol. The molecule has 48 heavy (non-hydrogen) atoms. The van der Waals surface area contributed by atoms with Gasteiger partial charge in [0.05, 0.1) is 17.5 Å². The smallest absolute Gasteiger partial charge is 0.329 e. The lowest BCUT2D eigenvalue weighted by molar-refractivity contribution is -0.148. The molecule has 3 aromatic rings. The number of benzene rings is 1. The molecule has 256 valence electrons. The number of hydrogen-bond donors (Lipinski definition) is 3. The quantitative estimate of drug-likeness (QED) is 0.247. The highest BCUT2D eigenvalue weighted by molar-refractivity contribution is 5.74. The Bertz CT molecular complexity index is 1550. The number of para-hydroxylation sites is 1. The summed E-state index contributed by atoms with van der Waals surface area (Å²) < 4.78 is 5.35. The largest absolute Gasteiger partial charge is 0.507 e. The molecule has 0 aliphatic carbocycles. The van der Waals surface area contributed by atoms with Crippen LogP contribution in [0.2, 0.25) is 0 Å². The highest BCUT2D eigenvalue weighted by Gasteiger charge is 2.41. The summed E-state index contributed by atoms with van der Waals surface area (Å²) in [6, 6.07) is 14.4. The van der Waals surface area contributed by atoms with E-state index in [0.29, 0.717) is 29.2 Å². The number of aryl methyl sites for hydroxylation is 1. The third kappa shape index (κ3) is 7.49. The summed E-state index contributed by atoms with van der Waals surface area (Å²) in [6.45, 7) is 10.7. The number of hydrogen-bond acceptors (Lipinski definition) is 12. The monoisotopic (exact) mass is 657 g/mol. The molecule has 13 nitrogen and oxygen atoms in total. The predicted octanol–water partition coefficient (Wildman–Crippen LogP) is 2.02. The van der Waals surface area contributed by atoms with Crippen molar-refractivity contribution in [3.05, 3.63) is 54.4 Å². The number of rotatable bonds is 13. The van der Waals surface area contributed by atoms with Crippen LogP contribution < -0.4 is 15.5 Å². The molecule has 2 bridgehead atoms. The number of pyridine rings is 1. The molecule has 0 radical (unpaired) electrons. The summed E-state index contributed by atoms with van der Waals surface area (Å²) >= 11 is 0. The molecular weight excluding hydrogens is 610 g/mol. The Morgan fingerprint density at radius 3 is 2.33 bits per heavy atom. The molecule has 4 aliphatic heterocycles. The lowest BCUT2D eigenvalue weighted by Gasteiger charge is -2.43. The molecule has 0 spiro atoms. The summed E-state index contributed by atoms with van der Waals surface area (Å²) in [5.41, 5.74) is 10.9. The van der Waals surface area contributed by atoms with Gasteiger partial charge in [-0.15, -0.1) is 10.2 Å². The number of phenolic OH excluding ortho intramolecular Hbond substituents is 1. The first-order valence-corrected chi connectivity index (χ1v) is 17.3. The first-order chi connectivity index (χ1) is 23.4. The topological polar surface area (TPSA) is 148 Å². The highest BCUT2D eigenvalue weighted by atomic mass is 16.5. The molecule has 0 saturated carbocycles. The highest BCUT2D eigenvalue weighted by Crippen LogP contribution is 2.39. The number of aliphatic carboxylic acids is 1. The summed E-state index contributed by atoms with van der Waals surface area (Å²) in [5.74, 6) is -0.302. The Labute approximate surface area is 281 Å². The maximum Gasteiger partial charge on any atom is 0.329 e. The fourth-order valence-electron chi connectivity index (χ4n) is 7.75. The number of carbonyl (C=O) groups is 1. The zero-order valence-corrected chi connectivity index (χ0v) is 27.5. The SMILES string of the molecule is Nc1nnc(-c2ccccc2O)cc1N1CC2CCC(C1)N2c1ccnc(CCCN2CCN(CCN3CC(OCC(=O)O)C3)CC2)c1. The van der Waals surface area contributed by atoms with Gasteiger partial charge in [-0.05, 0) is 62.6 Å². The molecule has 4 N–H and O–H groups in total. The number of aromatic nitrogens is 3. The van der Waals surface area contributed by atoms with Gasteiger partial charge in [-0.2, -0.15) is 0 Å². The van der Waals surface area contributed by atoms with Crippen molar-refractivity contribution < 1.29 is 19.7 Å². The van der Waals surface area contributed by atoms with Gasteiger partial charge in [0.2, 0.25) is 0 Å². The van der Waals surface area contributed by atoms with Crippen molar-refractivity contribution in [2.45, 2.75) is 43.9 Å². The van der Waals surface area contributed by atoms with E-state index >= 15 is 0 Å². The number of carboxylic acid groups (broad SMARTS) is 1. The van der Waals surface area contributed by atoms with Gasteiger partial charge in [0, 0.05) is 101 Å². The van der Waals surface area contributed by atoms with E-state index in [-0.39, 0.29) is 18.5 Å². The van der Waals surface area contributed by atoms with Gasteiger partial charge < -0.3 is 35.4 Å². The second kappa shape index (κ2) is 14.6. The first kappa shape index (κ1) is 32.5. The molecule has 1 aromatic carbocycles. The minimum Gasteiger partial charge on any atom is -0.507 e. The zero-order valence-electron chi connectivity index (χ0n) is 27.5. The van der Waals surface area contributed by atoms with E-state index in [1.807, 2.05) is 24.4 Å². The van der Waals surface area contributed by atoms with Crippen LogP contribution in [-0.4, -0.2) is 143 Å².